The van der Waals surface area contributed by atoms with Gasteiger partial charge in [0.1, 0.15) is 11.9 Å². The number of aliphatic hydroxyl groups excluding tert-OH is 1. The maximum Gasteiger partial charge on any atom is 0.193 e. The largest absolute Gasteiger partial charge is 0.467 e. The van der Waals surface area contributed by atoms with Crippen LogP contribution in [0.2, 0.25) is 0 Å². The molecule has 2 rings (SSSR count). The number of halogens is 1. The lowest BCUT2D eigenvalue weighted by atomic mass is 10.1. The molecule has 0 saturated heterocycles. The van der Waals surface area contributed by atoms with Crippen molar-refractivity contribution in [3.05, 3.63) is 53.5 Å². The number of guanidine groups is 1. The Bertz CT molecular complexity index is 597. The van der Waals surface area contributed by atoms with E-state index in [1.807, 2.05) is 25.1 Å². The van der Waals surface area contributed by atoms with Gasteiger partial charge in [-0.25, -0.2) is 4.99 Å². The Hall–Kier alpha value is -1.54. The monoisotopic (exact) mass is 401 g/mol. The molecule has 5 nitrogen and oxygen atoms in total. The van der Waals surface area contributed by atoms with Gasteiger partial charge in [0.15, 0.2) is 5.96 Å². The van der Waals surface area contributed by atoms with E-state index in [2.05, 4.69) is 17.2 Å². The van der Waals surface area contributed by atoms with Gasteiger partial charge < -0.3 is 20.6 Å². The first-order valence-electron chi connectivity index (χ1n) is 6.42. The summed E-state index contributed by atoms with van der Waals surface area (Å²) < 4.78 is 5.09. The number of aliphatic imine (C=N–C) groups is 1. The third-order valence-electron chi connectivity index (χ3n) is 3.09. The van der Waals surface area contributed by atoms with Crippen molar-refractivity contribution >= 4 is 35.6 Å². The van der Waals surface area contributed by atoms with Gasteiger partial charge in [-0.05, 0) is 49.2 Å². The molecule has 0 aliphatic rings. The highest BCUT2D eigenvalue weighted by Gasteiger charge is 2.09. The Morgan fingerprint density at radius 3 is 2.71 bits per heavy atom. The molecule has 0 amide bonds. The van der Waals surface area contributed by atoms with Crippen molar-refractivity contribution in [3.63, 3.8) is 0 Å². The topological polar surface area (TPSA) is 83.8 Å². The molecule has 0 fully saturated rings. The number of rotatable bonds is 4. The number of nitrogens with zero attached hydrogens (tertiary/aromatic N) is 1. The van der Waals surface area contributed by atoms with Crippen LogP contribution < -0.4 is 11.1 Å². The SMILES string of the molecule is Cc1ccc(NC(N)=NCC(O)c2ccco2)cc1C.I. The zero-order chi connectivity index (χ0) is 14.5. The maximum atomic E-state index is 9.82. The van der Waals surface area contributed by atoms with Gasteiger partial charge in [0, 0.05) is 5.69 Å². The molecule has 1 atom stereocenters. The molecule has 0 aliphatic heterocycles. The standard InChI is InChI=1S/C15H19N3O2.HI/c1-10-5-6-12(8-11(10)2)18-15(16)17-9-13(19)14-4-3-7-20-14;/h3-8,13,19H,9H2,1-2H3,(H3,16,17,18);1H. The van der Waals surface area contributed by atoms with E-state index >= 15 is 0 Å². The second kappa shape index (κ2) is 8.04. The van der Waals surface area contributed by atoms with Crippen molar-refractivity contribution in [2.45, 2.75) is 20.0 Å². The number of hydrogen-bond acceptors (Lipinski definition) is 3. The van der Waals surface area contributed by atoms with Crippen molar-refractivity contribution in [1.82, 2.24) is 0 Å². The second-order valence-corrected chi connectivity index (χ2v) is 4.68. The van der Waals surface area contributed by atoms with Gasteiger partial charge in [-0.1, -0.05) is 6.07 Å². The van der Waals surface area contributed by atoms with Crippen LogP contribution in [0.25, 0.3) is 0 Å². The molecule has 21 heavy (non-hydrogen) atoms. The molecule has 114 valence electrons. The molecule has 1 heterocycles. The Labute approximate surface area is 141 Å². The summed E-state index contributed by atoms with van der Waals surface area (Å²) in [6, 6.07) is 9.38. The third kappa shape index (κ3) is 5.05. The Morgan fingerprint density at radius 2 is 2.10 bits per heavy atom. The van der Waals surface area contributed by atoms with E-state index in [4.69, 9.17) is 10.2 Å². The Balaban J connectivity index is 0.00000220. The van der Waals surface area contributed by atoms with Crippen molar-refractivity contribution in [3.8, 4) is 0 Å². The fraction of sp³-hybridized carbons (Fsp3) is 0.267. The first kappa shape index (κ1) is 17.5. The van der Waals surface area contributed by atoms with Gasteiger partial charge in [-0.3, -0.25) is 0 Å². The minimum absolute atomic E-state index is 0. The lowest BCUT2D eigenvalue weighted by molar-refractivity contribution is 0.158. The predicted molar refractivity (Wildman–Crippen MR) is 95.1 cm³/mol. The van der Waals surface area contributed by atoms with E-state index in [0.29, 0.717) is 5.76 Å². The molecule has 1 aromatic heterocycles. The first-order valence-corrected chi connectivity index (χ1v) is 6.42. The summed E-state index contributed by atoms with van der Waals surface area (Å²) in [5.41, 5.74) is 9.07. The number of aliphatic hydroxyl groups is 1. The van der Waals surface area contributed by atoms with Gasteiger partial charge >= 0.3 is 0 Å². The van der Waals surface area contributed by atoms with Gasteiger partial charge in [-0.15, -0.1) is 24.0 Å². The van der Waals surface area contributed by atoms with E-state index in [-0.39, 0.29) is 36.5 Å². The Morgan fingerprint density at radius 1 is 1.33 bits per heavy atom. The molecule has 0 spiro atoms. The molecule has 0 aliphatic carbocycles. The van der Waals surface area contributed by atoms with Gasteiger partial charge in [0.25, 0.3) is 0 Å². The minimum atomic E-state index is -0.787. The van der Waals surface area contributed by atoms with Gasteiger partial charge in [-0.2, -0.15) is 0 Å². The van der Waals surface area contributed by atoms with Crippen molar-refractivity contribution in [2.75, 3.05) is 11.9 Å². The summed E-state index contributed by atoms with van der Waals surface area (Å²) in [5, 5.41) is 12.8. The van der Waals surface area contributed by atoms with E-state index < -0.39 is 6.10 Å². The van der Waals surface area contributed by atoms with E-state index in [0.717, 1.165) is 5.69 Å². The summed E-state index contributed by atoms with van der Waals surface area (Å²) in [5.74, 6) is 0.742. The van der Waals surface area contributed by atoms with Crippen LogP contribution in [-0.2, 0) is 0 Å². The third-order valence-corrected chi connectivity index (χ3v) is 3.09. The van der Waals surface area contributed by atoms with Crippen LogP contribution in [-0.4, -0.2) is 17.6 Å². The normalized spacial score (nSPS) is 12.6. The van der Waals surface area contributed by atoms with Gasteiger partial charge in [0.2, 0.25) is 0 Å². The quantitative estimate of drug-likeness (QED) is 0.418. The first-order chi connectivity index (χ1) is 9.56. The van der Waals surface area contributed by atoms with Crippen molar-refractivity contribution in [2.24, 2.45) is 10.7 Å². The molecule has 2 aromatic rings. The van der Waals surface area contributed by atoms with Crippen LogP contribution >= 0.6 is 24.0 Å². The van der Waals surface area contributed by atoms with E-state index in [1.54, 1.807) is 12.1 Å². The number of nitrogens with one attached hydrogen (secondary N) is 1. The number of anilines is 1. The van der Waals surface area contributed by atoms with Crippen LogP contribution in [0, 0.1) is 13.8 Å². The number of nitrogens with two attached hydrogens (primary N) is 1. The fourth-order valence-corrected chi connectivity index (χ4v) is 1.76. The van der Waals surface area contributed by atoms with E-state index in [1.165, 1.54) is 17.4 Å². The number of benzene rings is 1. The molecule has 1 aromatic carbocycles. The molecule has 6 heteroatoms. The fourth-order valence-electron chi connectivity index (χ4n) is 1.76. The number of furan rings is 1. The molecular weight excluding hydrogens is 381 g/mol. The summed E-state index contributed by atoms with van der Waals surface area (Å²) >= 11 is 0. The zero-order valence-electron chi connectivity index (χ0n) is 12.0. The Kier molecular flexibility index (Phi) is 6.70. The van der Waals surface area contributed by atoms with Crippen LogP contribution in [0.15, 0.2) is 46.0 Å². The molecule has 4 N–H and O–H groups in total. The smallest absolute Gasteiger partial charge is 0.193 e. The summed E-state index contributed by atoms with van der Waals surface area (Å²) in [6.45, 7) is 4.24. The minimum Gasteiger partial charge on any atom is -0.467 e. The number of aryl methyl sites for hydroxylation is 2. The highest BCUT2D eigenvalue weighted by Crippen LogP contribution is 2.15. The predicted octanol–water partition coefficient (Wildman–Crippen LogP) is 2.97. The molecule has 0 bridgehead atoms. The molecule has 0 radical (unpaired) electrons. The summed E-state index contributed by atoms with van der Waals surface area (Å²) in [4.78, 5) is 4.10. The molecule has 0 saturated carbocycles. The second-order valence-electron chi connectivity index (χ2n) is 4.68. The highest BCUT2D eigenvalue weighted by atomic mass is 127. The van der Waals surface area contributed by atoms with Crippen LogP contribution in [0.1, 0.15) is 23.0 Å². The summed E-state index contributed by atoms with van der Waals surface area (Å²) in [6.07, 6.45) is 0.726. The van der Waals surface area contributed by atoms with Crippen molar-refractivity contribution < 1.29 is 9.52 Å². The number of hydrogen-bond donors (Lipinski definition) is 3. The van der Waals surface area contributed by atoms with Crippen LogP contribution in [0.3, 0.4) is 0 Å². The summed E-state index contributed by atoms with van der Waals surface area (Å²) in [7, 11) is 0. The van der Waals surface area contributed by atoms with Crippen molar-refractivity contribution in [1.29, 1.82) is 0 Å². The molecule has 1 unspecified atom stereocenters. The average Bonchev–Trinajstić information content (AvgIpc) is 2.94. The zero-order valence-corrected chi connectivity index (χ0v) is 14.4. The van der Waals surface area contributed by atoms with E-state index in [9.17, 15) is 5.11 Å². The maximum absolute atomic E-state index is 9.82. The van der Waals surface area contributed by atoms with Gasteiger partial charge in [0.05, 0.1) is 12.8 Å². The highest BCUT2D eigenvalue weighted by molar-refractivity contribution is 14.0. The lowest BCUT2D eigenvalue weighted by Crippen LogP contribution is -2.23. The average molecular weight is 401 g/mol. The van der Waals surface area contributed by atoms with Crippen LogP contribution in [0.4, 0.5) is 5.69 Å². The molecular formula is C15H20IN3O2. The van der Waals surface area contributed by atoms with Crippen LogP contribution in [0.5, 0.6) is 0 Å². The lowest BCUT2D eigenvalue weighted by Gasteiger charge is -2.09.